The zero-order valence-electron chi connectivity index (χ0n) is 7.14. The van der Waals surface area contributed by atoms with Gasteiger partial charge in [0, 0.05) is 0 Å². The van der Waals surface area contributed by atoms with E-state index in [1.54, 1.807) is 0 Å². The fourth-order valence-corrected chi connectivity index (χ4v) is 1.75. The molecule has 0 saturated heterocycles. The van der Waals surface area contributed by atoms with Crippen LogP contribution in [0.5, 0.6) is 0 Å². The Kier molecular flexibility index (Phi) is 2.98. The van der Waals surface area contributed by atoms with Crippen molar-refractivity contribution in [2.75, 3.05) is 0 Å². The lowest BCUT2D eigenvalue weighted by Gasteiger charge is -2.13. The van der Waals surface area contributed by atoms with Gasteiger partial charge in [-0.25, -0.2) is 0 Å². The summed E-state index contributed by atoms with van der Waals surface area (Å²) in [6.07, 6.45) is 10.2. The first kappa shape index (κ1) is 7.84. The van der Waals surface area contributed by atoms with Crippen molar-refractivity contribution >= 4 is 0 Å². The molecule has 1 aliphatic rings. The van der Waals surface area contributed by atoms with E-state index >= 15 is 0 Å². The second-order valence-electron chi connectivity index (χ2n) is 3.49. The SMILES string of the molecule is CCC1CCC=CC(C)C1. The quantitative estimate of drug-likeness (QED) is 0.487. The van der Waals surface area contributed by atoms with Crippen LogP contribution in [0.25, 0.3) is 0 Å². The molecule has 1 aliphatic carbocycles. The first-order valence-corrected chi connectivity index (χ1v) is 4.49. The molecule has 0 fully saturated rings. The molecule has 58 valence electrons. The monoisotopic (exact) mass is 138 g/mol. The minimum absolute atomic E-state index is 0.826. The van der Waals surface area contributed by atoms with Crippen LogP contribution in [0.1, 0.15) is 39.5 Å². The van der Waals surface area contributed by atoms with Crippen molar-refractivity contribution in [3.05, 3.63) is 12.2 Å². The minimum Gasteiger partial charge on any atom is -0.0883 e. The molecule has 2 atom stereocenters. The Morgan fingerprint density at radius 3 is 3.00 bits per heavy atom. The molecule has 10 heavy (non-hydrogen) atoms. The Morgan fingerprint density at radius 2 is 2.30 bits per heavy atom. The van der Waals surface area contributed by atoms with Gasteiger partial charge in [0.25, 0.3) is 0 Å². The number of rotatable bonds is 1. The van der Waals surface area contributed by atoms with Crippen LogP contribution in [0.2, 0.25) is 0 Å². The van der Waals surface area contributed by atoms with Crippen LogP contribution >= 0.6 is 0 Å². The second-order valence-corrected chi connectivity index (χ2v) is 3.49. The summed E-state index contributed by atoms with van der Waals surface area (Å²) in [5.41, 5.74) is 0. The molecule has 0 heteroatoms. The molecule has 0 nitrogen and oxygen atoms in total. The van der Waals surface area contributed by atoms with Gasteiger partial charge in [-0.05, 0) is 31.1 Å². The normalized spacial score (nSPS) is 33.8. The smallest absolute Gasteiger partial charge is 0.0259 e. The Hall–Kier alpha value is -0.260. The first-order valence-electron chi connectivity index (χ1n) is 4.49. The van der Waals surface area contributed by atoms with Gasteiger partial charge in [-0.3, -0.25) is 0 Å². The van der Waals surface area contributed by atoms with E-state index in [9.17, 15) is 0 Å². The maximum atomic E-state index is 2.37. The largest absolute Gasteiger partial charge is 0.0883 e. The summed E-state index contributed by atoms with van der Waals surface area (Å²) in [5, 5.41) is 0. The fraction of sp³-hybridized carbons (Fsp3) is 0.800. The molecule has 0 N–H and O–H groups in total. The van der Waals surface area contributed by atoms with Crippen molar-refractivity contribution in [2.24, 2.45) is 11.8 Å². The zero-order valence-corrected chi connectivity index (χ0v) is 7.14. The molecule has 0 heterocycles. The van der Waals surface area contributed by atoms with E-state index in [-0.39, 0.29) is 0 Å². The van der Waals surface area contributed by atoms with Crippen LogP contribution in [0, 0.1) is 11.8 Å². The van der Waals surface area contributed by atoms with Crippen molar-refractivity contribution in [1.29, 1.82) is 0 Å². The summed E-state index contributed by atoms with van der Waals surface area (Å²) in [7, 11) is 0. The standard InChI is InChI=1S/C10H18/c1-3-10-7-5-4-6-9(2)8-10/h4,6,9-10H,3,5,7-8H2,1-2H3. The Bertz CT molecular complexity index is 113. The number of hydrogen-bond donors (Lipinski definition) is 0. The molecule has 0 spiro atoms. The van der Waals surface area contributed by atoms with Gasteiger partial charge in [0.2, 0.25) is 0 Å². The van der Waals surface area contributed by atoms with E-state index in [4.69, 9.17) is 0 Å². The zero-order chi connectivity index (χ0) is 7.40. The first-order chi connectivity index (χ1) is 4.83. The summed E-state index contributed by atoms with van der Waals surface area (Å²) in [6, 6.07) is 0. The van der Waals surface area contributed by atoms with Gasteiger partial charge in [0.1, 0.15) is 0 Å². The summed E-state index contributed by atoms with van der Waals surface area (Å²) in [4.78, 5) is 0. The number of hydrogen-bond acceptors (Lipinski definition) is 0. The molecule has 0 saturated carbocycles. The lowest BCUT2D eigenvalue weighted by atomic mass is 9.93. The molecule has 0 aromatic carbocycles. The van der Waals surface area contributed by atoms with E-state index in [0.717, 1.165) is 11.8 Å². The summed E-state index contributed by atoms with van der Waals surface area (Å²) < 4.78 is 0. The van der Waals surface area contributed by atoms with Gasteiger partial charge in [-0.15, -0.1) is 0 Å². The third-order valence-corrected chi connectivity index (χ3v) is 2.49. The predicted octanol–water partition coefficient (Wildman–Crippen LogP) is 3.39. The van der Waals surface area contributed by atoms with Gasteiger partial charge in [-0.2, -0.15) is 0 Å². The van der Waals surface area contributed by atoms with Crippen molar-refractivity contribution in [1.82, 2.24) is 0 Å². The summed E-state index contributed by atoms with van der Waals surface area (Å²) >= 11 is 0. The predicted molar refractivity (Wildman–Crippen MR) is 45.9 cm³/mol. The molecule has 0 amide bonds. The van der Waals surface area contributed by atoms with E-state index in [0.29, 0.717) is 0 Å². The van der Waals surface area contributed by atoms with Crippen LogP contribution in [0.4, 0.5) is 0 Å². The van der Waals surface area contributed by atoms with Gasteiger partial charge in [-0.1, -0.05) is 32.4 Å². The summed E-state index contributed by atoms with van der Waals surface area (Å²) in [6.45, 7) is 4.63. The molecule has 0 aromatic rings. The molecular weight excluding hydrogens is 120 g/mol. The molecule has 0 radical (unpaired) electrons. The topological polar surface area (TPSA) is 0 Å². The van der Waals surface area contributed by atoms with Gasteiger partial charge in [0.15, 0.2) is 0 Å². The Labute approximate surface area is 64.3 Å². The van der Waals surface area contributed by atoms with Crippen molar-refractivity contribution in [2.45, 2.75) is 39.5 Å². The van der Waals surface area contributed by atoms with Crippen molar-refractivity contribution in [3.63, 3.8) is 0 Å². The molecule has 1 rings (SSSR count). The number of allylic oxidation sites excluding steroid dienone is 2. The van der Waals surface area contributed by atoms with Crippen LogP contribution in [-0.2, 0) is 0 Å². The molecular formula is C10H18. The molecule has 2 unspecified atom stereocenters. The van der Waals surface area contributed by atoms with Gasteiger partial charge < -0.3 is 0 Å². The lowest BCUT2D eigenvalue weighted by molar-refractivity contribution is 0.408. The van der Waals surface area contributed by atoms with Gasteiger partial charge >= 0.3 is 0 Å². The third-order valence-electron chi connectivity index (χ3n) is 2.49. The average molecular weight is 138 g/mol. The van der Waals surface area contributed by atoms with E-state index in [1.165, 1.54) is 25.7 Å². The van der Waals surface area contributed by atoms with Gasteiger partial charge in [0.05, 0.1) is 0 Å². The van der Waals surface area contributed by atoms with Crippen LogP contribution in [-0.4, -0.2) is 0 Å². The highest BCUT2D eigenvalue weighted by Gasteiger charge is 2.11. The molecule has 0 aliphatic heterocycles. The second kappa shape index (κ2) is 3.80. The fourth-order valence-electron chi connectivity index (χ4n) is 1.75. The average Bonchev–Trinajstić information content (AvgIpc) is 2.13. The maximum Gasteiger partial charge on any atom is -0.0259 e. The molecule has 0 aromatic heterocycles. The van der Waals surface area contributed by atoms with Crippen LogP contribution in [0.3, 0.4) is 0 Å². The van der Waals surface area contributed by atoms with E-state index in [2.05, 4.69) is 26.0 Å². The van der Waals surface area contributed by atoms with E-state index < -0.39 is 0 Å². The van der Waals surface area contributed by atoms with Crippen LogP contribution < -0.4 is 0 Å². The minimum atomic E-state index is 0.826. The van der Waals surface area contributed by atoms with Crippen molar-refractivity contribution < 1.29 is 0 Å². The van der Waals surface area contributed by atoms with Crippen molar-refractivity contribution in [3.8, 4) is 0 Å². The lowest BCUT2D eigenvalue weighted by Crippen LogP contribution is -2.00. The Morgan fingerprint density at radius 1 is 1.50 bits per heavy atom. The third kappa shape index (κ3) is 2.17. The van der Waals surface area contributed by atoms with E-state index in [1.807, 2.05) is 0 Å². The highest BCUT2D eigenvalue weighted by molar-refractivity contribution is 4.90. The molecule has 0 bridgehead atoms. The van der Waals surface area contributed by atoms with Crippen LogP contribution in [0.15, 0.2) is 12.2 Å². The highest BCUT2D eigenvalue weighted by Crippen LogP contribution is 2.24. The maximum absolute atomic E-state index is 2.37. The Balaban J connectivity index is 2.39. The summed E-state index contributed by atoms with van der Waals surface area (Å²) in [5.74, 6) is 1.82. The highest BCUT2D eigenvalue weighted by atomic mass is 14.2.